The Balaban J connectivity index is 2.19. The molecule has 0 fully saturated rings. The van der Waals surface area contributed by atoms with Crippen LogP contribution in [0, 0.1) is 17.5 Å². The molecule has 20 heavy (non-hydrogen) atoms. The Hall–Kier alpha value is -2.31. The highest BCUT2D eigenvalue weighted by atomic mass is 19.2. The zero-order valence-electron chi connectivity index (χ0n) is 10.6. The molecular formula is C13H11F3N2O2. The summed E-state index contributed by atoms with van der Waals surface area (Å²) in [6.45, 7) is 1.75. The first-order chi connectivity index (χ1) is 9.51. The van der Waals surface area contributed by atoms with Crippen LogP contribution in [0.3, 0.4) is 0 Å². The number of hydrogen-bond acceptors (Lipinski definition) is 3. The predicted octanol–water partition coefficient (Wildman–Crippen LogP) is 2.53. The third-order valence-corrected chi connectivity index (χ3v) is 2.55. The fourth-order valence-corrected chi connectivity index (χ4v) is 1.62. The highest BCUT2D eigenvalue weighted by Crippen LogP contribution is 2.15. The van der Waals surface area contributed by atoms with Crippen molar-refractivity contribution in [3.63, 3.8) is 0 Å². The monoisotopic (exact) mass is 284 g/mol. The van der Waals surface area contributed by atoms with Crippen LogP contribution in [0.2, 0.25) is 0 Å². The van der Waals surface area contributed by atoms with E-state index in [2.05, 4.69) is 5.10 Å². The highest BCUT2D eigenvalue weighted by molar-refractivity contribution is 5.86. The Morgan fingerprint density at radius 2 is 1.95 bits per heavy atom. The van der Waals surface area contributed by atoms with Gasteiger partial charge in [0.15, 0.2) is 17.3 Å². The zero-order valence-corrected chi connectivity index (χ0v) is 10.6. The summed E-state index contributed by atoms with van der Waals surface area (Å²) in [5, 5.41) is 3.88. The van der Waals surface area contributed by atoms with Crippen molar-refractivity contribution in [3.05, 3.63) is 53.1 Å². The normalized spacial score (nSPS) is 10.6. The second-order valence-electron chi connectivity index (χ2n) is 3.98. The second kappa shape index (κ2) is 5.77. The molecule has 0 amide bonds. The van der Waals surface area contributed by atoms with Crippen molar-refractivity contribution < 1.29 is 22.7 Å². The minimum atomic E-state index is -1.25. The van der Waals surface area contributed by atoms with E-state index in [0.29, 0.717) is 6.07 Å². The van der Waals surface area contributed by atoms with Crippen LogP contribution in [0.15, 0.2) is 24.4 Å². The SMILES string of the molecule is CCOC(=O)c1ccn(Cc2cc(F)c(F)cc2F)n1. The molecule has 2 aromatic rings. The third kappa shape index (κ3) is 2.98. The van der Waals surface area contributed by atoms with Crippen molar-refractivity contribution in [1.82, 2.24) is 9.78 Å². The first kappa shape index (κ1) is 14.1. The minimum Gasteiger partial charge on any atom is -0.461 e. The molecule has 0 spiro atoms. The molecule has 1 aromatic heterocycles. The maximum absolute atomic E-state index is 13.5. The number of halogens is 3. The molecular weight excluding hydrogens is 273 g/mol. The van der Waals surface area contributed by atoms with Gasteiger partial charge in [0.25, 0.3) is 0 Å². The first-order valence-corrected chi connectivity index (χ1v) is 5.85. The smallest absolute Gasteiger partial charge is 0.358 e. The van der Waals surface area contributed by atoms with E-state index in [4.69, 9.17) is 4.74 Å². The van der Waals surface area contributed by atoms with E-state index in [-0.39, 0.29) is 24.4 Å². The van der Waals surface area contributed by atoms with Gasteiger partial charge in [-0.05, 0) is 19.1 Å². The van der Waals surface area contributed by atoms with Crippen LogP contribution in [0.4, 0.5) is 13.2 Å². The van der Waals surface area contributed by atoms with E-state index >= 15 is 0 Å². The fraction of sp³-hybridized carbons (Fsp3) is 0.231. The number of carbonyl (C=O) groups excluding carboxylic acids is 1. The molecule has 0 aliphatic carbocycles. The lowest BCUT2D eigenvalue weighted by atomic mass is 10.2. The van der Waals surface area contributed by atoms with Crippen molar-refractivity contribution >= 4 is 5.97 Å². The van der Waals surface area contributed by atoms with Crippen molar-refractivity contribution in [2.24, 2.45) is 0 Å². The summed E-state index contributed by atoms with van der Waals surface area (Å²) in [5.74, 6) is -3.87. The Bertz CT molecular complexity index is 641. The largest absolute Gasteiger partial charge is 0.461 e. The molecule has 0 saturated heterocycles. The standard InChI is InChI=1S/C13H11F3N2O2/c1-2-20-13(19)12-3-4-18(17-12)7-8-5-10(15)11(16)6-9(8)14/h3-6H,2,7H2,1H3. The van der Waals surface area contributed by atoms with Crippen molar-refractivity contribution in [3.8, 4) is 0 Å². The predicted molar refractivity (Wildman–Crippen MR) is 63.6 cm³/mol. The molecule has 0 saturated carbocycles. The molecule has 7 heteroatoms. The lowest BCUT2D eigenvalue weighted by molar-refractivity contribution is 0.0518. The average Bonchev–Trinajstić information content (AvgIpc) is 2.85. The molecule has 0 aliphatic rings. The topological polar surface area (TPSA) is 44.1 Å². The van der Waals surface area contributed by atoms with Gasteiger partial charge >= 0.3 is 5.97 Å². The Morgan fingerprint density at radius 1 is 1.25 bits per heavy atom. The maximum atomic E-state index is 13.5. The Morgan fingerprint density at radius 3 is 2.65 bits per heavy atom. The number of nitrogens with zero attached hydrogens (tertiary/aromatic N) is 2. The zero-order chi connectivity index (χ0) is 14.7. The van der Waals surface area contributed by atoms with Gasteiger partial charge in [0, 0.05) is 17.8 Å². The van der Waals surface area contributed by atoms with Gasteiger partial charge in [0.2, 0.25) is 0 Å². The van der Waals surface area contributed by atoms with E-state index in [9.17, 15) is 18.0 Å². The van der Waals surface area contributed by atoms with Crippen LogP contribution in [-0.4, -0.2) is 22.4 Å². The highest BCUT2D eigenvalue weighted by Gasteiger charge is 2.13. The molecule has 4 nitrogen and oxygen atoms in total. The third-order valence-electron chi connectivity index (χ3n) is 2.55. The summed E-state index contributed by atoms with van der Waals surface area (Å²) in [5.41, 5.74) is -0.00255. The fourth-order valence-electron chi connectivity index (χ4n) is 1.62. The number of rotatable bonds is 4. The average molecular weight is 284 g/mol. The van der Waals surface area contributed by atoms with Gasteiger partial charge in [0.1, 0.15) is 5.82 Å². The first-order valence-electron chi connectivity index (χ1n) is 5.85. The summed E-state index contributed by atoms with van der Waals surface area (Å²) in [6, 6.07) is 2.63. The van der Waals surface area contributed by atoms with Crippen molar-refractivity contribution in [1.29, 1.82) is 0 Å². The van der Waals surface area contributed by atoms with E-state index in [1.807, 2.05) is 0 Å². The van der Waals surface area contributed by atoms with Gasteiger partial charge in [-0.15, -0.1) is 0 Å². The molecule has 2 rings (SSSR count). The van der Waals surface area contributed by atoms with Gasteiger partial charge in [-0.25, -0.2) is 18.0 Å². The lowest BCUT2D eigenvalue weighted by Gasteiger charge is -2.04. The van der Waals surface area contributed by atoms with E-state index < -0.39 is 23.4 Å². The van der Waals surface area contributed by atoms with Crippen LogP contribution >= 0.6 is 0 Å². The van der Waals surface area contributed by atoms with Crippen LogP contribution < -0.4 is 0 Å². The molecule has 0 N–H and O–H groups in total. The number of hydrogen-bond donors (Lipinski definition) is 0. The van der Waals surface area contributed by atoms with E-state index in [0.717, 1.165) is 6.07 Å². The Labute approximate surface area is 112 Å². The van der Waals surface area contributed by atoms with Crippen molar-refractivity contribution in [2.45, 2.75) is 13.5 Å². The molecule has 0 atom stereocenters. The molecule has 106 valence electrons. The number of carbonyl (C=O) groups is 1. The maximum Gasteiger partial charge on any atom is 0.358 e. The number of aromatic nitrogens is 2. The van der Waals surface area contributed by atoms with Crippen LogP contribution in [0.5, 0.6) is 0 Å². The summed E-state index contributed by atoms with van der Waals surface area (Å²) >= 11 is 0. The van der Waals surface area contributed by atoms with Crippen LogP contribution in [0.1, 0.15) is 23.0 Å². The molecule has 0 radical (unpaired) electrons. The quantitative estimate of drug-likeness (QED) is 0.640. The van der Waals surface area contributed by atoms with Gasteiger partial charge in [-0.3, -0.25) is 4.68 Å². The summed E-state index contributed by atoms with van der Waals surface area (Å²) < 4.78 is 45.3. The summed E-state index contributed by atoms with van der Waals surface area (Å²) in [4.78, 5) is 11.4. The van der Waals surface area contributed by atoms with Gasteiger partial charge in [-0.1, -0.05) is 0 Å². The molecule has 0 unspecified atom stereocenters. The van der Waals surface area contributed by atoms with Crippen LogP contribution in [-0.2, 0) is 11.3 Å². The number of ether oxygens (including phenoxy) is 1. The van der Waals surface area contributed by atoms with Gasteiger partial charge in [0.05, 0.1) is 13.2 Å². The summed E-state index contributed by atoms with van der Waals surface area (Å²) in [7, 11) is 0. The van der Waals surface area contributed by atoms with Gasteiger partial charge in [-0.2, -0.15) is 5.10 Å². The molecule has 1 heterocycles. The van der Waals surface area contributed by atoms with Gasteiger partial charge < -0.3 is 4.74 Å². The van der Waals surface area contributed by atoms with E-state index in [1.165, 1.54) is 16.9 Å². The number of benzene rings is 1. The summed E-state index contributed by atoms with van der Waals surface area (Å²) in [6.07, 6.45) is 1.42. The van der Waals surface area contributed by atoms with Crippen molar-refractivity contribution in [2.75, 3.05) is 6.61 Å². The lowest BCUT2D eigenvalue weighted by Crippen LogP contribution is -2.08. The molecule has 0 bridgehead atoms. The minimum absolute atomic E-state index is 0.0647. The molecule has 0 aliphatic heterocycles. The van der Waals surface area contributed by atoms with Crippen LogP contribution in [0.25, 0.3) is 0 Å². The van der Waals surface area contributed by atoms with E-state index in [1.54, 1.807) is 6.92 Å². The Kier molecular flexibility index (Phi) is 4.07. The number of esters is 1. The second-order valence-corrected chi connectivity index (χ2v) is 3.98. The molecule has 1 aromatic carbocycles.